The summed E-state index contributed by atoms with van der Waals surface area (Å²) < 4.78 is 11.4. The van der Waals surface area contributed by atoms with E-state index in [1.54, 1.807) is 24.3 Å². The monoisotopic (exact) mass is 570 g/mol. The lowest BCUT2D eigenvalue weighted by Gasteiger charge is -2.10. The third-order valence-electron chi connectivity index (χ3n) is 6.40. The van der Waals surface area contributed by atoms with E-state index in [9.17, 15) is 29.4 Å². The lowest BCUT2D eigenvalue weighted by Crippen LogP contribution is -2.07. The van der Waals surface area contributed by atoms with Crippen LogP contribution in [-0.4, -0.2) is 44.3 Å². The quantitative estimate of drug-likeness (QED) is 0.128. The molecule has 0 saturated carbocycles. The van der Waals surface area contributed by atoms with Crippen LogP contribution in [0.3, 0.4) is 0 Å². The van der Waals surface area contributed by atoms with Crippen molar-refractivity contribution < 1.29 is 49.1 Å². The van der Waals surface area contributed by atoms with E-state index in [0.717, 1.165) is 36.8 Å². The minimum absolute atomic E-state index is 0.225. The second-order valence-electron chi connectivity index (χ2n) is 9.33. The van der Waals surface area contributed by atoms with Crippen LogP contribution in [0.1, 0.15) is 65.4 Å². The zero-order valence-corrected chi connectivity index (χ0v) is 22.1. The Morgan fingerprint density at radius 2 is 0.738 bits per heavy atom. The van der Waals surface area contributed by atoms with Gasteiger partial charge in [0.15, 0.2) is 0 Å². The van der Waals surface area contributed by atoms with Crippen LogP contribution in [0.15, 0.2) is 84.9 Å². The van der Waals surface area contributed by atoms with Gasteiger partial charge in [0.25, 0.3) is 0 Å². The Hall–Kier alpha value is -5.64. The number of ether oxygens (including phenoxy) is 2. The third-order valence-corrected chi connectivity index (χ3v) is 6.40. The Morgan fingerprint density at radius 1 is 0.429 bits per heavy atom. The third kappa shape index (κ3) is 7.51. The molecule has 4 rings (SSSR count). The largest absolute Gasteiger partial charge is 0.478 e. The lowest BCUT2D eigenvalue weighted by molar-refractivity contribution is 0.0651. The number of hydrogen-bond donors (Lipinski definition) is 4. The van der Waals surface area contributed by atoms with Crippen molar-refractivity contribution in [3.63, 3.8) is 0 Å². The molecule has 0 aromatic heterocycles. The van der Waals surface area contributed by atoms with Gasteiger partial charge in [-0.2, -0.15) is 0 Å². The van der Waals surface area contributed by atoms with Crippen LogP contribution < -0.4 is 9.47 Å². The predicted octanol–water partition coefficient (Wildman–Crippen LogP) is 6.63. The molecule has 0 bridgehead atoms. The first kappa shape index (κ1) is 29.3. The molecule has 42 heavy (non-hydrogen) atoms. The fourth-order valence-corrected chi connectivity index (χ4v) is 4.28. The van der Waals surface area contributed by atoms with Gasteiger partial charge in [0.1, 0.15) is 23.0 Å². The average molecular weight is 571 g/mol. The summed E-state index contributed by atoms with van der Waals surface area (Å²) in [4.78, 5) is 45.2. The van der Waals surface area contributed by atoms with Gasteiger partial charge in [-0.05, 0) is 97.5 Å². The van der Waals surface area contributed by atoms with Crippen LogP contribution in [0.2, 0.25) is 0 Å². The molecule has 0 amide bonds. The highest BCUT2D eigenvalue weighted by atomic mass is 16.5. The first-order chi connectivity index (χ1) is 20.1. The van der Waals surface area contributed by atoms with Gasteiger partial charge in [0.05, 0.1) is 22.3 Å². The topological polar surface area (TPSA) is 168 Å². The van der Waals surface area contributed by atoms with E-state index in [1.165, 1.54) is 36.4 Å². The molecule has 0 atom stereocenters. The molecule has 0 aliphatic carbocycles. The number of aromatic carboxylic acids is 4. The number of unbranched alkanes of at least 4 members (excludes halogenated alkanes) is 1. The highest BCUT2D eigenvalue weighted by Gasteiger charge is 2.18. The number of benzene rings is 4. The van der Waals surface area contributed by atoms with Crippen LogP contribution in [0.5, 0.6) is 23.0 Å². The molecule has 0 radical (unpaired) electrons. The van der Waals surface area contributed by atoms with Gasteiger partial charge >= 0.3 is 23.9 Å². The summed E-state index contributed by atoms with van der Waals surface area (Å²) >= 11 is 0. The fourth-order valence-electron chi connectivity index (χ4n) is 4.28. The number of hydrogen-bond acceptors (Lipinski definition) is 6. The maximum Gasteiger partial charge on any atom is 0.336 e. The first-order valence-corrected chi connectivity index (χ1v) is 12.9. The molecule has 0 aliphatic heterocycles. The summed E-state index contributed by atoms with van der Waals surface area (Å²) in [5.74, 6) is -3.90. The second-order valence-corrected chi connectivity index (χ2v) is 9.33. The average Bonchev–Trinajstić information content (AvgIpc) is 2.96. The standard InChI is InChI=1S/C32H26O10/c33-29(34)25-15-13-23(17-27(25)31(37)38)41-21-9-5-19(6-10-21)3-1-2-4-20-7-11-22(12-8-20)42-24-14-16-26(30(35)36)28(18-24)32(39)40/h5-18H,1-4H2,(H,33,34)(H,35,36)(H,37,38)(H,39,40). The van der Waals surface area contributed by atoms with E-state index in [4.69, 9.17) is 19.7 Å². The van der Waals surface area contributed by atoms with Crippen molar-refractivity contribution >= 4 is 23.9 Å². The number of rotatable bonds is 13. The zero-order valence-electron chi connectivity index (χ0n) is 22.1. The van der Waals surface area contributed by atoms with Crippen molar-refractivity contribution in [1.82, 2.24) is 0 Å². The number of carboxylic acid groups (broad SMARTS) is 4. The molecule has 0 fully saturated rings. The van der Waals surface area contributed by atoms with Crippen LogP contribution in [0.25, 0.3) is 0 Å². The Bertz CT molecular complexity index is 1500. The van der Waals surface area contributed by atoms with Crippen molar-refractivity contribution in [3.05, 3.63) is 118 Å². The molecular weight excluding hydrogens is 544 g/mol. The SMILES string of the molecule is O=C(O)c1ccc(Oc2ccc(CCCCc3ccc(Oc4ccc(C(=O)O)c(C(=O)O)c4)cc3)cc2)cc1C(=O)O. The lowest BCUT2D eigenvalue weighted by atomic mass is 10.0. The maximum atomic E-state index is 11.4. The molecule has 0 unspecified atom stereocenters. The van der Waals surface area contributed by atoms with E-state index < -0.39 is 23.9 Å². The summed E-state index contributed by atoms with van der Waals surface area (Å²) in [7, 11) is 0. The van der Waals surface area contributed by atoms with Gasteiger partial charge in [-0.1, -0.05) is 24.3 Å². The van der Waals surface area contributed by atoms with E-state index in [1.807, 2.05) is 24.3 Å². The molecule has 0 heterocycles. The summed E-state index contributed by atoms with van der Waals surface area (Å²) in [6.07, 6.45) is 3.56. The summed E-state index contributed by atoms with van der Waals surface area (Å²) in [5, 5.41) is 36.8. The van der Waals surface area contributed by atoms with Crippen molar-refractivity contribution in [3.8, 4) is 23.0 Å². The molecule has 0 saturated heterocycles. The predicted molar refractivity (Wildman–Crippen MR) is 150 cm³/mol. The van der Waals surface area contributed by atoms with E-state index >= 15 is 0 Å². The molecular formula is C32H26O10. The molecule has 4 N–H and O–H groups in total. The molecule has 10 heteroatoms. The van der Waals surface area contributed by atoms with Gasteiger partial charge in [-0.15, -0.1) is 0 Å². The smallest absolute Gasteiger partial charge is 0.336 e. The highest BCUT2D eigenvalue weighted by molar-refractivity contribution is 6.02. The van der Waals surface area contributed by atoms with Gasteiger partial charge in [0, 0.05) is 0 Å². The molecule has 214 valence electrons. The van der Waals surface area contributed by atoms with Crippen molar-refractivity contribution in [2.45, 2.75) is 25.7 Å². The Labute approximate surface area is 240 Å². The Balaban J connectivity index is 1.25. The van der Waals surface area contributed by atoms with Gasteiger partial charge in [-0.25, -0.2) is 19.2 Å². The molecule has 10 nitrogen and oxygen atoms in total. The zero-order chi connectivity index (χ0) is 30.2. The van der Waals surface area contributed by atoms with Gasteiger partial charge < -0.3 is 29.9 Å². The van der Waals surface area contributed by atoms with Crippen LogP contribution >= 0.6 is 0 Å². The molecule has 4 aromatic rings. The van der Waals surface area contributed by atoms with E-state index in [2.05, 4.69) is 0 Å². The van der Waals surface area contributed by atoms with Crippen molar-refractivity contribution in [2.75, 3.05) is 0 Å². The minimum atomic E-state index is -1.35. The van der Waals surface area contributed by atoms with Crippen molar-refractivity contribution in [2.24, 2.45) is 0 Å². The van der Waals surface area contributed by atoms with Crippen molar-refractivity contribution in [1.29, 1.82) is 0 Å². The Morgan fingerprint density at radius 3 is 1.05 bits per heavy atom. The first-order valence-electron chi connectivity index (χ1n) is 12.9. The fraction of sp³-hybridized carbons (Fsp3) is 0.125. The molecule has 0 aliphatic rings. The molecule has 4 aromatic carbocycles. The van der Waals surface area contributed by atoms with Crippen LogP contribution in [0, 0.1) is 0 Å². The number of carbonyl (C=O) groups is 4. The van der Waals surface area contributed by atoms with E-state index in [-0.39, 0.29) is 33.8 Å². The minimum Gasteiger partial charge on any atom is -0.478 e. The van der Waals surface area contributed by atoms with Gasteiger partial charge in [0.2, 0.25) is 0 Å². The molecule has 0 spiro atoms. The van der Waals surface area contributed by atoms with Gasteiger partial charge in [-0.3, -0.25) is 0 Å². The maximum absolute atomic E-state index is 11.4. The Kier molecular flexibility index (Phi) is 9.18. The van der Waals surface area contributed by atoms with Crippen LogP contribution in [0.4, 0.5) is 0 Å². The summed E-state index contributed by atoms with van der Waals surface area (Å²) in [5.41, 5.74) is 0.896. The van der Waals surface area contributed by atoms with E-state index in [0.29, 0.717) is 11.5 Å². The highest BCUT2D eigenvalue weighted by Crippen LogP contribution is 2.27. The summed E-state index contributed by atoms with van der Waals surface area (Å²) in [6, 6.07) is 22.4. The normalized spacial score (nSPS) is 10.6. The van der Waals surface area contributed by atoms with Crippen LogP contribution in [-0.2, 0) is 12.8 Å². The summed E-state index contributed by atoms with van der Waals surface area (Å²) in [6.45, 7) is 0. The number of aryl methyl sites for hydroxylation is 2. The number of carboxylic acids is 4. The second kappa shape index (κ2) is 13.1.